The Morgan fingerprint density at radius 3 is 2.14 bits per heavy atom. The molecule has 1 heterocycles. The van der Waals surface area contributed by atoms with Gasteiger partial charge in [0.1, 0.15) is 0 Å². The molecule has 0 radical (unpaired) electrons. The van der Waals surface area contributed by atoms with E-state index >= 15 is 0 Å². The maximum absolute atomic E-state index is 11.3. The van der Waals surface area contributed by atoms with Gasteiger partial charge in [0.15, 0.2) is 0 Å². The van der Waals surface area contributed by atoms with E-state index in [1.54, 1.807) is 12.1 Å². The van der Waals surface area contributed by atoms with E-state index < -0.39 is 27.4 Å². The lowest BCUT2D eigenvalue weighted by Crippen LogP contribution is -2.41. The average molecular weight is 443 g/mol. The Morgan fingerprint density at radius 2 is 1.67 bits per heavy atom. The fourth-order valence-corrected chi connectivity index (χ4v) is 3.78. The van der Waals surface area contributed by atoms with Crippen molar-refractivity contribution in [1.82, 2.24) is 0 Å². The Kier molecular flexibility index (Phi) is 4.73. The van der Waals surface area contributed by atoms with Crippen molar-refractivity contribution in [3.63, 3.8) is 0 Å². The minimum Gasteiger partial charge on any atom is -0.399 e. The van der Waals surface area contributed by atoms with Crippen molar-refractivity contribution in [3.8, 4) is 0 Å². The second kappa shape index (κ2) is 5.67. The molecule has 1 saturated heterocycles. The summed E-state index contributed by atoms with van der Waals surface area (Å²) in [6.45, 7) is 7.91. The second-order valence-corrected chi connectivity index (χ2v) is 10.2. The van der Waals surface area contributed by atoms with Crippen LogP contribution in [-0.2, 0) is 24.1 Å². The molecule has 2 rings (SSSR count). The van der Waals surface area contributed by atoms with Gasteiger partial charge in [-0.25, -0.2) is 8.42 Å². The van der Waals surface area contributed by atoms with Crippen LogP contribution in [0, 0.1) is 3.57 Å². The third kappa shape index (κ3) is 4.13. The molecule has 0 unspecified atom stereocenters. The van der Waals surface area contributed by atoms with E-state index in [1.165, 1.54) is 0 Å². The number of halogens is 2. The van der Waals surface area contributed by atoms with Gasteiger partial charge in [0.25, 0.3) is 0 Å². The van der Waals surface area contributed by atoms with Crippen LogP contribution in [0.2, 0.25) is 0 Å². The summed E-state index contributed by atoms with van der Waals surface area (Å²) in [5.41, 5.74) is 0.562. The molecule has 1 fully saturated rings. The molecule has 8 heteroatoms. The first-order chi connectivity index (χ1) is 9.40. The van der Waals surface area contributed by atoms with Crippen LogP contribution in [-0.4, -0.2) is 26.7 Å². The van der Waals surface area contributed by atoms with Crippen molar-refractivity contribution in [2.75, 3.05) is 0 Å². The van der Waals surface area contributed by atoms with Crippen LogP contribution in [0.25, 0.3) is 0 Å². The zero-order valence-corrected chi connectivity index (χ0v) is 16.0. The van der Waals surface area contributed by atoms with E-state index in [2.05, 4.69) is 22.6 Å². The molecule has 0 aliphatic carbocycles. The topological polar surface area (TPSA) is 52.6 Å². The van der Waals surface area contributed by atoms with Gasteiger partial charge in [-0.05, 0) is 73.4 Å². The molecule has 1 aliphatic rings. The Morgan fingerprint density at radius 1 is 1.14 bits per heavy atom. The van der Waals surface area contributed by atoms with E-state index in [9.17, 15) is 8.42 Å². The summed E-state index contributed by atoms with van der Waals surface area (Å²) in [5, 5.41) is 0. The molecular weight excluding hydrogens is 425 g/mol. The molecule has 4 nitrogen and oxygen atoms in total. The molecule has 0 spiro atoms. The zero-order valence-electron chi connectivity index (χ0n) is 12.3. The second-order valence-electron chi connectivity index (χ2n) is 6.16. The molecule has 1 aromatic rings. The van der Waals surface area contributed by atoms with Gasteiger partial charge in [-0.2, -0.15) is 0 Å². The maximum atomic E-state index is 11.3. The summed E-state index contributed by atoms with van der Waals surface area (Å²) in [5.74, 6) is -0.210. The van der Waals surface area contributed by atoms with Gasteiger partial charge in [-0.3, -0.25) is 0 Å². The predicted octanol–water partition coefficient (Wildman–Crippen LogP) is 2.66. The van der Waals surface area contributed by atoms with Crippen LogP contribution in [0.4, 0.5) is 0 Å². The van der Waals surface area contributed by atoms with Crippen molar-refractivity contribution >= 4 is 54.9 Å². The summed E-state index contributed by atoms with van der Waals surface area (Å²) in [7, 11) is 1.22. The molecule has 21 heavy (non-hydrogen) atoms. The van der Waals surface area contributed by atoms with E-state index in [0.29, 0.717) is 5.56 Å². The van der Waals surface area contributed by atoms with Crippen LogP contribution < -0.4 is 5.46 Å². The van der Waals surface area contributed by atoms with Gasteiger partial charge in [-0.1, -0.05) is 6.07 Å². The summed E-state index contributed by atoms with van der Waals surface area (Å²) < 4.78 is 35.4. The van der Waals surface area contributed by atoms with Gasteiger partial charge < -0.3 is 9.31 Å². The summed E-state index contributed by atoms with van der Waals surface area (Å²) in [6.07, 6.45) is 0. The first-order valence-electron chi connectivity index (χ1n) is 6.47. The van der Waals surface area contributed by atoms with E-state index in [4.69, 9.17) is 20.0 Å². The Balaban J connectivity index is 2.34. The zero-order chi connectivity index (χ0) is 16.1. The summed E-state index contributed by atoms with van der Waals surface area (Å²) >= 11 is 2.14. The van der Waals surface area contributed by atoms with Crippen LogP contribution in [0.1, 0.15) is 33.3 Å². The van der Waals surface area contributed by atoms with Crippen molar-refractivity contribution < 1.29 is 17.7 Å². The highest BCUT2D eigenvalue weighted by Crippen LogP contribution is 2.36. The van der Waals surface area contributed by atoms with E-state index in [1.807, 2.05) is 33.8 Å². The highest BCUT2D eigenvalue weighted by Gasteiger charge is 2.51. The highest BCUT2D eigenvalue weighted by atomic mass is 127. The lowest BCUT2D eigenvalue weighted by atomic mass is 9.78. The first-order valence-corrected chi connectivity index (χ1v) is 10.0. The third-order valence-electron chi connectivity index (χ3n) is 3.84. The molecule has 0 amide bonds. The lowest BCUT2D eigenvalue weighted by molar-refractivity contribution is 0.00578. The average Bonchev–Trinajstić information content (AvgIpc) is 2.44. The standard InChI is InChI=1S/C13H17BClIO4S/c1-12(2)13(3,4)20-14(19-12)10-5-9(6-11(16)7-10)8-21(15,17)18/h5-7H,8H2,1-4H3. The molecule has 0 N–H and O–H groups in total. The van der Waals surface area contributed by atoms with Crippen molar-refractivity contribution in [2.24, 2.45) is 0 Å². The van der Waals surface area contributed by atoms with Gasteiger partial charge in [-0.15, -0.1) is 0 Å². The molecule has 116 valence electrons. The largest absolute Gasteiger partial charge is 0.494 e. The number of hydrogen-bond acceptors (Lipinski definition) is 4. The quantitative estimate of drug-likeness (QED) is 0.410. The Labute approximate surface area is 144 Å². The highest BCUT2D eigenvalue weighted by molar-refractivity contribution is 14.1. The van der Waals surface area contributed by atoms with Crippen LogP contribution in [0.5, 0.6) is 0 Å². The SMILES string of the molecule is CC1(C)OB(c2cc(I)cc(CS(=O)(=O)Cl)c2)OC1(C)C. The summed E-state index contributed by atoms with van der Waals surface area (Å²) in [6, 6.07) is 5.48. The maximum Gasteiger partial charge on any atom is 0.494 e. The Bertz CT molecular complexity index is 644. The minimum atomic E-state index is -3.59. The third-order valence-corrected chi connectivity index (χ3v) is 5.47. The van der Waals surface area contributed by atoms with Gasteiger partial charge >= 0.3 is 7.12 Å². The molecule has 1 aliphatic heterocycles. The molecule has 0 saturated carbocycles. The van der Waals surface area contributed by atoms with E-state index in [0.717, 1.165) is 9.03 Å². The normalized spacial score (nSPS) is 20.8. The minimum absolute atomic E-state index is 0.210. The molecule has 1 aromatic carbocycles. The van der Waals surface area contributed by atoms with Crippen LogP contribution in [0.15, 0.2) is 18.2 Å². The number of benzene rings is 1. The van der Waals surface area contributed by atoms with E-state index in [-0.39, 0.29) is 5.75 Å². The molecular formula is C13H17BClIO4S. The van der Waals surface area contributed by atoms with Crippen LogP contribution in [0.3, 0.4) is 0 Å². The lowest BCUT2D eigenvalue weighted by Gasteiger charge is -2.32. The fourth-order valence-electron chi connectivity index (χ4n) is 2.07. The predicted molar refractivity (Wildman–Crippen MR) is 93.4 cm³/mol. The number of rotatable bonds is 3. The van der Waals surface area contributed by atoms with Crippen molar-refractivity contribution in [3.05, 3.63) is 27.3 Å². The van der Waals surface area contributed by atoms with Crippen molar-refractivity contribution in [1.29, 1.82) is 0 Å². The first kappa shape index (κ1) is 17.5. The molecule has 0 aromatic heterocycles. The number of hydrogen-bond donors (Lipinski definition) is 0. The molecule has 0 atom stereocenters. The molecule has 0 bridgehead atoms. The smallest absolute Gasteiger partial charge is 0.399 e. The monoisotopic (exact) mass is 442 g/mol. The summed E-state index contributed by atoms with van der Waals surface area (Å²) in [4.78, 5) is 0. The van der Waals surface area contributed by atoms with Gasteiger partial charge in [0.2, 0.25) is 9.05 Å². The fraction of sp³-hybridized carbons (Fsp3) is 0.538. The van der Waals surface area contributed by atoms with Crippen LogP contribution >= 0.6 is 33.3 Å². The van der Waals surface area contributed by atoms with Crippen molar-refractivity contribution in [2.45, 2.75) is 44.6 Å². The van der Waals surface area contributed by atoms with Gasteiger partial charge in [0.05, 0.1) is 17.0 Å². The Hall–Kier alpha value is 0.175. The van der Waals surface area contributed by atoms with Gasteiger partial charge in [0, 0.05) is 14.3 Å².